The van der Waals surface area contributed by atoms with Gasteiger partial charge in [0.2, 0.25) is 0 Å². The van der Waals surface area contributed by atoms with Gasteiger partial charge in [-0.1, -0.05) is 0 Å². The Kier molecular flexibility index (Phi) is 4.27. The molecule has 1 amide bonds. The van der Waals surface area contributed by atoms with Crippen LogP contribution in [0.15, 0.2) is 28.9 Å². The van der Waals surface area contributed by atoms with Crippen LogP contribution in [0.4, 0.5) is 10.1 Å². The molecule has 0 saturated carbocycles. The van der Waals surface area contributed by atoms with E-state index < -0.39 is 6.04 Å². The second kappa shape index (κ2) is 6.07. The number of anilines is 1. The lowest BCUT2D eigenvalue weighted by Crippen LogP contribution is -2.45. The van der Waals surface area contributed by atoms with Crippen LogP contribution in [-0.4, -0.2) is 21.7 Å². The summed E-state index contributed by atoms with van der Waals surface area (Å²) in [5, 5.41) is 4.29. The Labute approximate surface area is 143 Å². The van der Waals surface area contributed by atoms with Gasteiger partial charge in [-0.15, -0.1) is 0 Å². The van der Waals surface area contributed by atoms with Gasteiger partial charge in [0.25, 0.3) is 5.91 Å². The van der Waals surface area contributed by atoms with Gasteiger partial charge in [-0.3, -0.25) is 9.48 Å². The molecule has 0 bridgehead atoms. The Bertz CT molecular complexity index is 758. The van der Waals surface area contributed by atoms with Crippen LogP contribution < -0.4 is 4.90 Å². The number of rotatable bonds is 2. The first-order valence-corrected chi connectivity index (χ1v) is 8.50. The maximum atomic E-state index is 13.5. The molecule has 0 aliphatic carbocycles. The number of benzene rings is 1. The van der Waals surface area contributed by atoms with E-state index in [1.165, 1.54) is 12.1 Å². The SMILES string of the molecule is Cc1c(Br)cnn1[C@H](C)C(=O)N1c2ccc(F)cc2CC[C@@H]1C. The van der Waals surface area contributed by atoms with Gasteiger partial charge in [-0.05, 0) is 73.3 Å². The Morgan fingerprint density at radius 2 is 2.22 bits per heavy atom. The van der Waals surface area contributed by atoms with Crippen molar-refractivity contribution in [3.63, 3.8) is 0 Å². The Morgan fingerprint density at radius 3 is 2.87 bits per heavy atom. The van der Waals surface area contributed by atoms with Crippen molar-refractivity contribution < 1.29 is 9.18 Å². The summed E-state index contributed by atoms with van der Waals surface area (Å²) in [7, 11) is 0. The second-order valence-electron chi connectivity index (χ2n) is 6.07. The van der Waals surface area contributed by atoms with E-state index in [0.717, 1.165) is 34.3 Å². The van der Waals surface area contributed by atoms with Crippen LogP contribution in [0.5, 0.6) is 0 Å². The van der Waals surface area contributed by atoms with Crippen molar-refractivity contribution >= 4 is 27.5 Å². The average molecular weight is 380 g/mol. The molecule has 0 N–H and O–H groups in total. The van der Waals surface area contributed by atoms with E-state index in [1.54, 1.807) is 21.8 Å². The highest BCUT2D eigenvalue weighted by Gasteiger charge is 2.32. The van der Waals surface area contributed by atoms with Crippen LogP contribution in [0, 0.1) is 12.7 Å². The van der Waals surface area contributed by atoms with E-state index in [9.17, 15) is 9.18 Å². The third kappa shape index (κ3) is 2.80. The Balaban J connectivity index is 1.97. The third-order valence-corrected chi connectivity index (χ3v) is 5.30. The monoisotopic (exact) mass is 379 g/mol. The summed E-state index contributed by atoms with van der Waals surface area (Å²) in [6.45, 7) is 5.80. The van der Waals surface area contributed by atoms with Gasteiger partial charge in [-0.2, -0.15) is 5.10 Å². The number of carbonyl (C=O) groups excluding carboxylic acids is 1. The lowest BCUT2D eigenvalue weighted by Gasteiger charge is -2.37. The summed E-state index contributed by atoms with van der Waals surface area (Å²) >= 11 is 3.43. The first-order chi connectivity index (χ1) is 10.9. The van der Waals surface area contributed by atoms with E-state index in [2.05, 4.69) is 21.0 Å². The molecular formula is C17H19BrFN3O. The molecule has 0 fully saturated rings. The summed E-state index contributed by atoms with van der Waals surface area (Å²) in [6, 6.07) is 4.32. The van der Waals surface area contributed by atoms with E-state index in [4.69, 9.17) is 0 Å². The molecule has 0 saturated heterocycles. The van der Waals surface area contributed by atoms with E-state index >= 15 is 0 Å². The van der Waals surface area contributed by atoms with Crippen molar-refractivity contribution in [3.8, 4) is 0 Å². The normalized spacial score (nSPS) is 18.7. The number of aromatic nitrogens is 2. The fourth-order valence-electron chi connectivity index (χ4n) is 3.15. The van der Waals surface area contributed by atoms with E-state index in [0.29, 0.717) is 0 Å². The maximum absolute atomic E-state index is 13.5. The van der Waals surface area contributed by atoms with Crippen molar-refractivity contribution in [2.75, 3.05) is 4.90 Å². The van der Waals surface area contributed by atoms with Crippen molar-refractivity contribution in [1.29, 1.82) is 0 Å². The molecule has 1 aliphatic heterocycles. The molecule has 3 rings (SSSR count). The zero-order chi connectivity index (χ0) is 16.7. The predicted molar refractivity (Wildman–Crippen MR) is 91.0 cm³/mol. The lowest BCUT2D eigenvalue weighted by molar-refractivity contribution is -0.122. The maximum Gasteiger partial charge on any atom is 0.251 e. The molecule has 1 aliphatic rings. The minimum Gasteiger partial charge on any atom is -0.308 e. The molecule has 1 aromatic heterocycles. The summed E-state index contributed by atoms with van der Waals surface area (Å²) in [6.07, 6.45) is 3.32. The van der Waals surface area contributed by atoms with Crippen LogP contribution >= 0.6 is 15.9 Å². The molecule has 122 valence electrons. The molecule has 6 heteroatoms. The largest absolute Gasteiger partial charge is 0.308 e. The minimum atomic E-state index is -0.417. The average Bonchev–Trinajstić information content (AvgIpc) is 2.86. The van der Waals surface area contributed by atoms with Gasteiger partial charge in [0.1, 0.15) is 11.9 Å². The highest BCUT2D eigenvalue weighted by molar-refractivity contribution is 9.10. The number of hydrogen-bond donors (Lipinski definition) is 0. The van der Waals surface area contributed by atoms with Crippen LogP contribution in [0.2, 0.25) is 0 Å². The summed E-state index contributed by atoms with van der Waals surface area (Å²) < 4.78 is 16.1. The Morgan fingerprint density at radius 1 is 1.48 bits per heavy atom. The number of fused-ring (bicyclic) bond motifs is 1. The quantitative estimate of drug-likeness (QED) is 0.789. The standard InChI is InChI=1S/C17H19BrFN3O/c1-10-4-5-13-8-14(19)6-7-16(13)21(10)17(23)12(3)22-11(2)15(18)9-20-22/h6-10,12H,4-5H2,1-3H3/t10-,12+/m0/s1. The first kappa shape index (κ1) is 16.2. The second-order valence-corrected chi connectivity index (χ2v) is 6.92. The number of aryl methyl sites for hydroxylation is 1. The lowest BCUT2D eigenvalue weighted by atomic mass is 9.95. The highest BCUT2D eigenvalue weighted by atomic mass is 79.9. The molecule has 4 nitrogen and oxygen atoms in total. The topological polar surface area (TPSA) is 38.1 Å². The van der Waals surface area contributed by atoms with Crippen LogP contribution in [-0.2, 0) is 11.2 Å². The van der Waals surface area contributed by atoms with Gasteiger partial charge < -0.3 is 4.90 Å². The van der Waals surface area contributed by atoms with Crippen molar-refractivity contribution in [3.05, 3.63) is 45.9 Å². The fraction of sp³-hybridized carbons (Fsp3) is 0.412. The number of carbonyl (C=O) groups is 1. The van der Waals surface area contributed by atoms with E-state index in [1.807, 2.05) is 20.8 Å². The van der Waals surface area contributed by atoms with Crippen LogP contribution in [0.3, 0.4) is 0 Å². The minimum absolute atomic E-state index is 0.0243. The van der Waals surface area contributed by atoms with Crippen LogP contribution in [0.1, 0.15) is 37.6 Å². The van der Waals surface area contributed by atoms with Crippen molar-refractivity contribution in [2.45, 2.75) is 45.7 Å². The van der Waals surface area contributed by atoms with Gasteiger partial charge in [0.15, 0.2) is 0 Å². The first-order valence-electron chi connectivity index (χ1n) is 7.71. The fourth-order valence-corrected chi connectivity index (χ4v) is 3.43. The molecule has 0 unspecified atom stereocenters. The summed E-state index contributed by atoms with van der Waals surface area (Å²) in [5.41, 5.74) is 2.61. The molecule has 0 radical (unpaired) electrons. The molecule has 2 atom stereocenters. The predicted octanol–water partition coefficient (Wildman–Crippen LogP) is 4.02. The number of amides is 1. The van der Waals surface area contributed by atoms with Gasteiger partial charge in [0, 0.05) is 11.7 Å². The smallest absolute Gasteiger partial charge is 0.251 e. The molecule has 23 heavy (non-hydrogen) atoms. The Hall–Kier alpha value is -1.69. The molecule has 1 aromatic carbocycles. The molecule has 0 spiro atoms. The number of nitrogens with zero attached hydrogens (tertiary/aromatic N) is 3. The molecular weight excluding hydrogens is 361 g/mol. The summed E-state index contributed by atoms with van der Waals surface area (Å²) in [5.74, 6) is -0.283. The van der Waals surface area contributed by atoms with Gasteiger partial charge in [0.05, 0.1) is 16.4 Å². The zero-order valence-electron chi connectivity index (χ0n) is 13.4. The number of halogens is 2. The zero-order valence-corrected chi connectivity index (χ0v) is 15.0. The van der Waals surface area contributed by atoms with Crippen LogP contribution in [0.25, 0.3) is 0 Å². The highest BCUT2D eigenvalue weighted by Crippen LogP contribution is 2.33. The number of hydrogen-bond acceptors (Lipinski definition) is 2. The van der Waals surface area contributed by atoms with Crippen molar-refractivity contribution in [1.82, 2.24) is 9.78 Å². The van der Waals surface area contributed by atoms with Gasteiger partial charge >= 0.3 is 0 Å². The van der Waals surface area contributed by atoms with Gasteiger partial charge in [-0.25, -0.2) is 4.39 Å². The molecule has 2 aromatic rings. The third-order valence-electron chi connectivity index (χ3n) is 4.52. The summed E-state index contributed by atoms with van der Waals surface area (Å²) in [4.78, 5) is 14.9. The van der Waals surface area contributed by atoms with E-state index in [-0.39, 0.29) is 17.8 Å². The van der Waals surface area contributed by atoms with Crippen molar-refractivity contribution in [2.24, 2.45) is 0 Å². The molecule has 2 heterocycles.